The number of nitrogens with zero attached hydrogens (tertiary/aromatic N) is 2. The van der Waals surface area contributed by atoms with Crippen LogP contribution in [0.15, 0.2) is 42.5 Å². The van der Waals surface area contributed by atoms with Gasteiger partial charge in [-0.05, 0) is 42.7 Å². The van der Waals surface area contributed by atoms with E-state index in [1.54, 1.807) is 18.2 Å². The molecule has 1 atom stereocenters. The summed E-state index contributed by atoms with van der Waals surface area (Å²) < 4.78 is 19.9. The lowest BCUT2D eigenvalue weighted by atomic mass is 9.93. The molecular formula is C25H27FN2O4. The van der Waals surface area contributed by atoms with E-state index in [9.17, 15) is 19.1 Å². The number of ether oxygens (including phenoxy) is 1. The zero-order chi connectivity index (χ0) is 23.4. The number of carbonyl (C=O) groups excluding carboxylic acids is 2. The van der Waals surface area contributed by atoms with Gasteiger partial charge in [-0.2, -0.15) is 5.10 Å². The number of benzene rings is 1. The highest BCUT2D eigenvalue weighted by Gasteiger charge is 2.19. The summed E-state index contributed by atoms with van der Waals surface area (Å²) in [5, 5.41) is 15.2. The van der Waals surface area contributed by atoms with E-state index in [2.05, 4.69) is 4.74 Å². The normalized spacial score (nSPS) is 12.6. The van der Waals surface area contributed by atoms with Crippen LogP contribution in [0, 0.1) is 12.7 Å². The Bertz CT molecular complexity index is 1160. The summed E-state index contributed by atoms with van der Waals surface area (Å²) in [6, 6.07) is 10.2. The van der Waals surface area contributed by atoms with Crippen LogP contribution in [0.4, 0.5) is 4.39 Å². The maximum atomic E-state index is 13.6. The first-order valence-electron chi connectivity index (χ1n) is 10.4. The molecule has 6 nitrogen and oxygen atoms in total. The van der Waals surface area contributed by atoms with Crippen LogP contribution in [0.5, 0.6) is 0 Å². The number of aliphatic hydroxyl groups excluding tert-OH is 1. The van der Waals surface area contributed by atoms with E-state index >= 15 is 0 Å². The molecule has 1 unspecified atom stereocenters. The minimum absolute atomic E-state index is 0.0677. The number of aliphatic hydroxyl groups is 1. The molecule has 32 heavy (non-hydrogen) atoms. The van der Waals surface area contributed by atoms with Crippen molar-refractivity contribution >= 4 is 23.3 Å². The fraction of sp³-hybridized carbons (Fsp3) is 0.320. The minimum atomic E-state index is -1.07. The smallest absolute Gasteiger partial charge is 0.313 e. The highest BCUT2D eigenvalue weighted by molar-refractivity contribution is 5.96. The molecule has 2 aromatic heterocycles. The molecule has 0 radical (unpaired) electrons. The molecule has 0 fully saturated rings. The summed E-state index contributed by atoms with van der Waals surface area (Å²) in [6.07, 6.45) is 1.62. The molecule has 0 aliphatic carbocycles. The Morgan fingerprint density at radius 2 is 1.88 bits per heavy atom. The third-order valence-corrected chi connectivity index (χ3v) is 5.22. The van der Waals surface area contributed by atoms with E-state index in [0.29, 0.717) is 0 Å². The number of aromatic nitrogens is 2. The maximum Gasteiger partial charge on any atom is 0.313 e. The summed E-state index contributed by atoms with van der Waals surface area (Å²) >= 11 is 0. The largest absolute Gasteiger partial charge is 0.469 e. The number of carbonyl (C=O) groups is 2. The summed E-state index contributed by atoms with van der Waals surface area (Å²) in [7, 11) is 1.21. The average Bonchev–Trinajstić information content (AvgIpc) is 3.12. The molecule has 0 amide bonds. The second kappa shape index (κ2) is 9.87. The summed E-state index contributed by atoms with van der Waals surface area (Å²) in [5.41, 5.74) is 5.09. The first-order chi connectivity index (χ1) is 15.2. The summed E-state index contributed by atoms with van der Waals surface area (Å²) in [5.74, 6) is -1.30. The fourth-order valence-corrected chi connectivity index (χ4v) is 3.61. The number of ketones is 1. The second-order valence-corrected chi connectivity index (χ2v) is 8.03. The van der Waals surface area contributed by atoms with Gasteiger partial charge in [0.05, 0.1) is 24.4 Å². The van der Waals surface area contributed by atoms with Crippen LogP contribution in [0.1, 0.15) is 49.6 Å². The molecule has 0 bridgehead atoms. The first kappa shape index (κ1) is 23.3. The predicted molar refractivity (Wildman–Crippen MR) is 121 cm³/mol. The van der Waals surface area contributed by atoms with Gasteiger partial charge in [0.1, 0.15) is 18.0 Å². The van der Waals surface area contributed by atoms with Crippen LogP contribution < -0.4 is 0 Å². The third kappa shape index (κ3) is 5.11. The number of rotatable bonds is 8. The van der Waals surface area contributed by atoms with Gasteiger partial charge in [-0.1, -0.05) is 38.1 Å². The number of esters is 1. The molecule has 0 spiro atoms. The lowest BCUT2D eigenvalue weighted by Crippen LogP contribution is -2.15. The SMILES string of the molecule is COC(=O)CC(=O)CC(O)/C=C/c1c(C(C)C)nn2c(C)ccc2c1-c1ccc(F)cc1. The number of aryl methyl sites for hydroxylation is 1. The monoisotopic (exact) mass is 438 g/mol. The van der Waals surface area contributed by atoms with E-state index in [4.69, 9.17) is 5.10 Å². The van der Waals surface area contributed by atoms with Gasteiger partial charge in [0, 0.05) is 23.2 Å². The van der Waals surface area contributed by atoms with Gasteiger partial charge in [0.15, 0.2) is 0 Å². The zero-order valence-corrected chi connectivity index (χ0v) is 18.6. The standard InChI is InChI=1S/C25H27FN2O4/c1-15(2)25-21(11-10-19(29)13-20(30)14-23(31)32-4)24(17-6-8-18(26)9-7-17)22-12-5-16(3)28(22)27-25/h5-12,15,19,29H,13-14H2,1-4H3/b11-10+. The van der Waals surface area contributed by atoms with Gasteiger partial charge >= 0.3 is 5.97 Å². The third-order valence-electron chi connectivity index (χ3n) is 5.22. The van der Waals surface area contributed by atoms with E-state index in [-0.39, 0.29) is 24.6 Å². The van der Waals surface area contributed by atoms with Gasteiger partial charge in [-0.3, -0.25) is 9.59 Å². The number of hydrogen-bond acceptors (Lipinski definition) is 5. The Balaban J connectivity index is 2.08. The lowest BCUT2D eigenvalue weighted by Gasteiger charge is -2.17. The van der Waals surface area contributed by atoms with Crippen molar-refractivity contribution in [2.24, 2.45) is 0 Å². The van der Waals surface area contributed by atoms with Crippen molar-refractivity contribution in [2.45, 2.75) is 45.6 Å². The first-order valence-corrected chi connectivity index (χ1v) is 10.4. The highest BCUT2D eigenvalue weighted by atomic mass is 19.1. The molecule has 1 N–H and O–H groups in total. The van der Waals surface area contributed by atoms with E-state index < -0.39 is 17.9 Å². The average molecular weight is 438 g/mol. The van der Waals surface area contributed by atoms with E-state index in [1.165, 1.54) is 25.3 Å². The Hall–Kier alpha value is -3.32. The molecule has 0 saturated carbocycles. The van der Waals surface area contributed by atoms with Crippen LogP contribution in [-0.2, 0) is 14.3 Å². The molecule has 1 aromatic carbocycles. The molecular weight excluding hydrogens is 411 g/mol. The molecule has 0 aliphatic rings. The Labute approximate surface area is 186 Å². The van der Waals surface area contributed by atoms with Gasteiger partial charge in [-0.25, -0.2) is 8.91 Å². The fourth-order valence-electron chi connectivity index (χ4n) is 3.61. The van der Waals surface area contributed by atoms with Crippen molar-refractivity contribution in [1.82, 2.24) is 9.61 Å². The van der Waals surface area contributed by atoms with Crippen molar-refractivity contribution in [3.05, 3.63) is 65.2 Å². The molecule has 0 saturated heterocycles. The van der Waals surface area contributed by atoms with Crippen molar-refractivity contribution < 1.29 is 23.8 Å². The molecule has 3 rings (SSSR count). The van der Waals surface area contributed by atoms with Crippen LogP contribution in [0.2, 0.25) is 0 Å². The van der Waals surface area contributed by atoms with Crippen LogP contribution >= 0.6 is 0 Å². The van der Waals surface area contributed by atoms with Crippen LogP contribution in [0.3, 0.4) is 0 Å². The molecule has 168 valence electrons. The quantitative estimate of drug-likeness (QED) is 0.415. The number of halogens is 1. The van der Waals surface area contributed by atoms with Crippen molar-refractivity contribution in [1.29, 1.82) is 0 Å². The Kier molecular flexibility index (Phi) is 7.20. The topological polar surface area (TPSA) is 80.9 Å². The predicted octanol–water partition coefficient (Wildman–Crippen LogP) is 4.47. The van der Waals surface area contributed by atoms with Crippen molar-refractivity contribution in [3.63, 3.8) is 0 Å². The summed E-state index contributed by atoms with van der Waals surface area (Å²) in [4.78, 5) is 23.2. The number of methoxy groups -OCH3 is 1. The number of fused-ring (bicyclic) bond motifs is 1. The number of hydrogen-bond donors (Lipinski definition) is 1. The summed E-state index contributed by atoms with van der Waals surface area (Å²) in [6.45, 7) is 6.01. The van der Waals surface area contributed by atoms with E-state index in [0.717, 1.165) is 33.6 Å². The van der Waals surface area contributed by atoms with E-state index in [1.807, 2.05) is 37.4 Å². The van der Waals surface area contributed by atoms with Gasteiger partial charge in [0.25, 0.3) is 0 Å². The lowest BCUT2D eigenvalue weighted by molar-refractivity contribution is -0.143. The van der Waals surface area contributed by atoms with Crippen molar-refractivity contribution in [2.75, 3.05) is 7.11 Å². The highest BCUT2D eigenvalue weighted by Crippen LogP contribution is 2.35. The molecule has 3 aromatic rings. The van der Waals surface area contributed by atoms with Gasteiger partial charge < -0.3 is 9.84 Å². The zero-order valence-electron chi connectivity index (χ0n) is 18.6. The Morgan fingerprint density at radius 1 is 1.19 bits per heavy atom. The second-order valence-electron chi connectivity index (χ2n) is 8.03. The minimum Gasteiger partial charge on any atom is -0.469 e. The molecule has 0 aliphatic heterocycles. The van der Waals surface area contributed by atoms with Crippen LogP contribution in [0.25, 0.3) is 22.7 Å². The Morgan fingerprint density at radius 3 is 2.50 bits per heavy atom. The molecule has 7 heteroatoms. The maximum absolute atomic E-state index is 13.6. The van der Waals surface area contributed by atoms with Gasteiger partial charge in [-0.15, -0.1) is 0 Å². The van der Waals surface area contributed by atoms with Crippen molar-refractivity contribution in [3.8, 4) is 11.1 Å². The number of Topliss-reactive ketones (excluding diaryl/α,β-unsaturated/α-hetero) is 1. The van der Waals surface area contributed by atoms with Crippen LogP contribution in [-0.4, -0.2) is 39.7 Å². The molecule has 2 heterocycles. The van der Waals surface area contributed by atoms with Gasteiger partial charge in [0.2, 0.25) is 0 Å².